The highest BCUT2D eigenvalue weighted by atomic mass is 35.5. The first-order valence-corrected chi connectivity index (χ1v) is 3.32. The zero-order valence-electron chi connectivity index (χ0n) is 6.62. The van der Waals surface area contributed by atoms with Gasteiger partial charge in [0.15, 0.2) is 0 Å². The van der Waals surface area contributed by atoms with E-state index in [0.29, 0.717) is 0 Å². The first-order valence-electron chi connectivity index (χ1n) is 3.32. The summed E-state index contributed by atoms with van der Waals surface area (Å²) in [6.07, 6.45) is 4.79. The third kappa shape index (κ3) is 24.9. The monoisotopic (exact) mass is 224 g/mol. The summed E-state index contributed by atoms with van der Waals surface area (Å²) < 4.78 is 0. The van der Waals surface area contributed by atoms with E-state index < -0.39 is 0 Å². The van der Waals surface area contributed by atoms with Crippen LogP contribution in [0.1, 0.15) is 25.7 Å². The second kappa shape index (κ2) is 22.4. The molecule has 0 radical (unpaired) electrons. The molecule has 0 aromatic heterocycles. The zero-order chi connectivity index (χ0) is 6.24. The Hall–Kier alpha value is 0.790. The van der Waals surface area contributed by atoms with Gasteiger partial charge in [-0.3, -0.25) is 0 Å². The molecular formula is C6H19Cl3N2. The fraction of sp³-hybridized carbons (Fsp3) is 1.00. The van der Waals surface area contributed by atoms with E-state index in [1.807, 2.05) is 0 Å². The van der Waals surface area contributed by atoms with E-state index in [1.54, 1.807) is 0 Å². The van der Waals surface area contributed by atoms with Crippen molar-refractivity contribution in [3.05, 3.63) is 0 Å². The first-order chi connectivity index (χ1) is 3.91. The number of hydrogen-bond donors (Lipinski definition) is 2. The Labute approximate surface area is 87.7 Å². The maximum Gasteiger partial charge on any atom is -0.00773 e. The molecule has 0 spiro atoms. The Morgan fingerprint density at radius 1 is 0.545 bits per heavy atom. The topological polar surface area (TPSA) is 52.0 Å². The van der Waals surface area contributed by atoms with Gasteiger partial charge in [-0.25, -0.2) is 0 Å². The molecule has 0 aliphatic rings. The summed E-state index contributed by atoms with van der Waals surface area (Å²) in [7, 11) is 0. The van der Waals surface area contributed by atoms with Gasteiger partial charge in [-0.15, -0.1) is 37.2 Å². The van der Waals surface area contributed by atoms with Crippen LogP contribution in [0.3, 0.4) is 0 Å². The number of halogens is 3. The van der Waals surface area contributed by atoms with E-state index in [1.165, 1.54) is 12.8 Å². The Balaban J connectivity index is -0.0000000817. The Morgan fingerprint density at radius 3 is 1.00 bits per heavy atom. The number of rotatable bonds is 5. The van der Waals surface area contributed by atoms with Crippen LogP contribution in [0.4, 0.5) is 0 Å². The molecule has 0 saturated heterocycles. The van der Waals surface area contributed by atoms with Crippen molar-refractivity contribution in [2.24, 2.45) is 11.5 Å². The van der Waals surface area contributed by atoms with E-state index in [9.17, 15) is 0 Å². The molecule has 0 atom stereocenters. The van der Waals surface area contributed by atoms with Gasteiger partial charge < -0.3 is 11.5 Å². The lowest BCUT2D eigenvalue weighted by atomic mass is 10.2. The van der Waals surface area contributed by atoms with Crippen LogP contribution in [0.2, 0.25) is 0 Å². The van der Waals surface area contributed by atoms with Crippen molar-refractivity contribution in [3.63, 3.8) is 0 Å². The predicted octanol–water partition coefficient (Wildman–Crippen LogP) is 1.73. The highest BCUT2D eigenvalue weighted by Crippen LogP contribution is 1.95. The van der Waals surface area contributed by atoms with Crippen LogP contribution in [0.5, 0.6) is 0 Å². The third-order valence-corrected chi connectivity index (χ3v) is 1.16. The molecule has 0 aliphatic heterocycles. The van der Waals surface area contributed by atoms with Crippen molar-refractivity contribution < 1.29 is 0 Å². The highest BCUT2D eigenvalue weighted by Gasteiger charge is 1.83. The molecular weight excluding hydrogens is 206 g/mol. The summed E-state index contributed by atoms with van der Waals surface area (Å²) >= 11 is 0. The molecule has 5 heteroatoms. The lowest BCUT2D eigenvalue weighted by Crippen LogP contribution is -2.00. The normalized spacial score (nSPS) is 7.09. The lowest BCUT2D eigenvalue weighted by Gasteiger charge is -1.94. The van der Waals surface area contributed by atoms with Crippen LogP contribution in [-0.4, -0.2) is 13.1 Å². The Bertz CT molecular complexity index is 40.8. The molecule has 0 aromatic carbocycles. The van der Waals surface area contributed by atoms with Crippen molar-refractivity contribution in [3.8, 4) is 0 Å². The standard InChI is InChI=1S/C6H16N2.3ClH/c7-5-3-1-2-4-6-8;;;/h1-8H2;3*1H. The molecule has 0 aromatic rings. The Morgan fingerprint density at radius 2 is 0.818 bits per heavy atom. The van der Waals surface area contributed by atoms with E-state index >= 15 is 0 Å². The van der Waals surface area contributed by atoms with Crippen molar-refractivity contribution in [2.75, 3.05) is 13.1 Å². The average Bonchev–Trinajstić information content (AvgIpc) is 1.81. The number of hydrogen-bond acceptors (Lipinski definition) is 2. The van der Waals surface area contributed by atoms with Gasteiger partial charge in [0.05, 0.1) is 0 Å². The largest absolute Gasteiger partial charge is 0.330 e. The van der Waals surface area contributed by atoms with E-state index in [0.717, 1.165) is 25.9 Å². The molecule has 0 rings (SSSR count). The SMILES string of the molecule is Cl.Cl.Cl.NCCCCCCN. The second-order valence-electron chi connectivity index (χ2n) is 1.99. The maximum absolute atomic E-state index is 5.28. The second-order valence-corrected chi connectivity index (χ2v) is 1.99. The number of nitrogens with two attached hydrogens (primary N) is 2. The van der Waals surface area contributed by atoms with Crippen LogP contribution >= 0.6 is 37.2 Å². The van der Waals surface area contributed by atoms with Crippen LogP contribution in [-0.2, 0) is 0 Å². The van der Waals surface area contributed by atoms with Gasteiger partial charge in [0.25, 0.3) is 0 Å². The average molecular weight is 226 g/mol. The van der Waals surface area contributed by atoms with Crippen LogP contribution in [0.15, 0.2) is 0 Å². The van der Waals surface area contributed by atoms with Crippen LogP contribution in [0, 0.1) is 0 Å². The van der Waals surface area contributed by atoms with E-state index in [-0.39, 0.29) is 37.2 Å². The predicted molar refractivity (Wildman–Crippen MR) is 58.3 cm³/mol. The van der Waals surface area contributed by atoms with Gasteiger partial charge in [-0.1, -0.05) is 12.8 Å². The van der Waals surface area contributed by atoms with Crippen LogP contribution in [0.25, 0.3) is 0 Å². The molecule has 0 unspecified atom stereocenters. The van der Waals surface area contributed by atoms with Gasteiger partial charge in [0.1, 0.15) is 0 Å². The van der Waals surface area contributed by atoms with Gasteiger partial charge >= 0.3 is 0 Å². The summed E-state index contributed by atoms with van der Waals surface area (Å²) in [5.74, 6) is 0. The third-order valence-electron chi connectivity index (χ3n) is 1.16. The van der Waals surface area contributed by atoms with Crippen molar-refractivity contribution in [1.82, 2.24) is 0 Å². The van der Waals surface area contributed by atoms with Gasteiger partial charge in [-0.05, 0) is 25.9 Å². The zero-order valence-corrected chi connectivity index (χ0v) is 9.07. The fourth-order valence-electron chi connectivity index (χ4n) is 0.642. The molecule has 0 aliphatic carbocycles. The summed E-state index contributed by atoms with van der Waals surface area (Å²) in [6, 6.07) is 0. The molecule has 2 nitrogen and oxygen atoms in total. The van der Waals surface area contributed by atoms with Crippen LogP contribution < -0.4 is 11.5 Å². The number of unbranched alkanes of at least 4 members (excludes halogenated alkanes) is 3. The molecule has 4 N–H and O–H groups in total. The molecule has 0 amide bonds. The summed E-state index contributed by atoms with van der Waals surface area (Å²) in [6.45, 7) is 1.65. The minimum absolute atomic E-state index is 0. The summed E-state index contributed by atoms with van der Waals surface area (Å²) in [5.41, 5.74) is 10.6. The Kier molecular flexibility index (Phi) is 46.1. The minimum atomic E-state index is 0. The quantitative estimate of drug-likeness (QED) is 0.700. The molecule has 0 saturated carbocycles. The van der Waals surface area contributed by atoms with E-state index in [4.69, 9.17) is 11.5 Å². The minimum Gasteiger partial charge on any atom is -0.330 e. The molecule has 0 fully saturated rings. The molecule has 0 bridgehead atoms. The lowest BCUT2D eigenvalue weighted by molar-refractivity contribution is 0.653. The maximum atomic E-state index is 5.28. The summed E-state index contributed by atoms with van der Waals surface area (Å²) in [4.78, 5) is 0. The molecule has 11 heavy (non-hydrogen) atoms. The van der Waals surface area contributed by atoms with Gasteiger partial charge in [-0.2, -0.15) is 0 Å². The van der Waals surface area contributed by atoms with Crippen molar-refractivity contribution in [1.29, 1.82) is 0 Å². The van der Waals surface area contributed by atoms with Crippen molar-refractivity contribution in [2.45, 2.75) is 25.7 Å². The smallest absolute Gasteiger partial charge is 0.00773 e. The fourth-order valence-corrected chi connectivity index (χ4v) is 0.642. The first kappa shape index (κ1) is 22.6. The van der Waals surface area contributed by atoms with E-state index in [2.05, 4.69) is 0 Å². The molecule has 0 heterocycles. The highest BCUT2D eigenvalue weighted by molar-refractivity contribution is 5.86. The molecule has 74 valence electrons. The van der Waals surface area contributed by atoms with Gasteiger partial charge in [0.2, 0.25) is 0 Å². The van der Waals surface area contributed by atoms with Crippen molar-refractivity contribution >= 4 is 37.2 Å². The summed E-state index contributed by atoms with van der Waals surface area (Å²) in [5, 5.41) is 0. The van der Waals surface area contributed by atoms with Gasteiger partial charge in [0, 0.05) is 0 Å².